The first-order valence-electron chi connectivity index (χ1n) is 5.37. The Morgan fingerprint density at radius 1 is 1.28 bits per heavy atom. The maximum atomic E-state index is 12.0. The summed E-state index contributed by atoms with van der Waals surface area (Å²) in [5.41, 5.74) is 1.88. The Hall–Kier alpha value is -1.66. The zero-order chi connectivity index (χ0) is 13.2. The van der Waals surface area contributed by atoms with E-state index in [0.717, 1.165) is 16.2 Å². The lowest BCUT2D eigenvalue weighted by Crippen LogP contribution is -2.29. The van der Waals surface area contributed by atoms with Gasteiger partial charge >= 0.3 is 10.1 Å². The summed E-state index contributed by atoms with van der Waals surface area (Å²) in [7, 11) is -3.82. The Balaban J connectivity index is 2.15. The average molecular weight is 265 g/mol. The second-order valence-electron chi connectivity index (χ2n) is 4.08. The Morgan fingerprint density at radius 2 is 1.94 bits per heavy atom. The van der Waals surface area contributed by atoms with E-state index in [4.69, 9.17) is 4.28 Å². The number of hydrogen-bond acceptors (Lipinski definition) is 5. The highest BCUT2D eigenvalue weighted by atomic mass is 32.2. The standard InChI is InChI=1S/C12H13N2O3S/c1-10-3-5-12(6-4-10)18(15,16)17-14-8-11(2)7-13-9-14/h3-7H,8H2,1-2H3. The van der Waals surface area contributed by atoms with Crippen LogP contribution in [0.2, 0.25) is 0 Å². The molecule has 1 heterocycles. The van der Waals surface area contributed by atoms with E-state index in [0.29, 0.717) is 6.54 Å². The molecule has 95 valence electrons. The molecule has 0 atom stereocenters. The topological polar surface area (TPSA) is 59.0 Å². The summed E-state index contributed by atoms with van der Waals surface area (Å²) in [5.74, 6) is 0. The number of aliphatic imine (C=N–C) groups is 1. The van der Waals surface area contributed by atoms with E-state index in [2.05, 4.69) is 11.3 Å². The molecule has 18 heavy (non-hydrogen) atoms. The van der Waals surface area contributed by atoms with Gasteiger partial charge in [-0.25, -0.2) is 10.1 Å². The zero-order valence-electron chi connectivity index (χ0n) is 10.1. The summed E-state index contributed by atoms with van der Waals surface area (Å²) >= 11 is 0. The van der Waals surface area contributed by atoms with Crippen molar-refractivity contribution in [1.29, 1.82) is 0 Å². The van der Waals surface area contributed by atoms with Crippen LogP contribution >= 0.6 is 0 Å². The molecule has 6 heteroatoms. The van der Waals surface area contributed by atoms with Gasteiger partial charge in [-0.1, -0.05) is 17.7 Å². The summed E-state index contributed by atoms with van der Waals surface area (Å²) in [5, 5.41) is 1.07. The molecule has 1 aromatic rings. The van der Waals surface area contributed by atoms with Gasteiger partial charge < -0.3 is 0 Å². The van der Waals surface area contributed by atoms with E-state index in [1.807, 2.05) is 13.8 Å². The lowest BCUT2D eigenvalue weighted by atomic mass is 10.2. The fourth-order valence-electron chi connectivity index (χ4n) is 1.42. The number of benzene rings is 1. The molecule has 2 rings (SSSR count). The van der Waals surface area contributed by atoms with Crippen molar-refractivity contribution in [3.05, 3.63) is 41.6 Å². The largest absolute Gasteiger partial charge is 0.317 e. The number of rotatable bonds is 3. The minimum atomic E-state index is -3.82. The number of aryl methyl sites for hydroxylation is 1. The van der Waals surface area contributed by atoms with Gasteiger partial charge in [-0.15, -0.1) is 4.28 Å². The van der Waals surface area contributed by atoms with Crippen molar-refractivity contribution < 1.29 is 12.7 Å². The molecule has 5 nitrogen and oxygen atoms in total. The number of hydrogen-bond donors (Lipinski definition) is 0. The quantitative estimate of drug-likeness (QED) is 0.835. The van der Waals surface area contributed by atoms with Crippen molar-refractivity contribution >= 4 is 16.5 Å². The number of nitrogens with zero attached hydrogens (tertiary/aromatic N) is 2. The zero-order valence-corrected chi connectivity index (χ0v) is 10.9. The van der Waals surface area contributed by atoms with Crippen LogP contribution in [-0.4, -0.2) is 26.4 Å². The Labute approximate surface area is 106 Å². The molecular formula is C12H13N2O3S. The van der Waals surface area contributed by atoms with Crippen LogP contribution in [0.3, 0.4) is 0 Å². The van der Waals surface area contributed by atoms with E-state index in [1.54, 1.807) is 18.3 Å². The minimum Gasteiger partial charge on any atom is -0.234 e. The highest BCUT2D eigenvalue weighted by molar-refractivity contribution is 7.86. The van der Waals surface area contributed by atoms with Crippen LogP contribution in [0.4, 0.5) is 0 Å². The maximum Gasteiger partial charge on any atom is 0.317 e. The first-order valence-corrected chi connectivity index (χ1v) is 6.78. The monoisotopic (exact) mass is 265 g/mol. The Bertz CT molecular complexity index is 588. The molecule has 1 aromatic carbocycles. The Morgan fingerprint density at radius 3 is 2.56 bits per heavy atom. The van der Waals surface area contributed by atoms with Crippen LogP contribution in [0.15, 0.2) is 45.9 Å². The first-order chi connectivity index (χ1) is 8.47. The summed E-state index contributed by atoms with van der Waals surface area (Å²) < 4.78 is 28.8. The van der Waals surface area contributed by atoms with Gasteiger partial charge in [0.2, 0.25) is 0 Å². The van der Waals surface area contributed by atoms with E-state index < -0.39 is 10.1 Å². The molecule has 1 radical (unpaired) electrons. The van der Waals surface area contributed by atoms with Gasteiger partial charge in [0.25, 0.3) is 0 Å². The van der Waals surface area contributed by atoms with Gasteiger partial charge in [-0.05, 0) is 31.6 Å². The van der Waals surface area contributed by atoms with Gasteiger partial charge in [-0.2, -0.15) is 8.42 Å². The van der Waals surface area contributed by atoms with Crippen LogP contribution in [0.5, 0.6) is 0 Å². The van der Waals surface area contributed by atoms with Crippen LogP contribution in [0.1, 0.15) is 12.5 Å². The smallest absolute Gasteiger partial charge is 0.234 e. The van der Waals surface area contributed by atoms with Gasteiger partial charge in [0.05, 0.1) is 11.4 Å². The van der Waals surface area contributed by atoms with Crippen molar-refractivity contribution in [1.82, 2.24) is 5.06 Å². The molecule has 0 spiro atoms. The molecule has 0 unspecified atom stereocenters. The molecule has 0 amide bonds. The second-order valence-corrected chi connectivity index (χ2v) is 5.61. The highest BCUT2D eigenvalue weighted by Crippen LogP contribution is 2.15. The highest BCUT2D eigenvalue weighted by Gasteiger charge is 2.20. The summed E-state index contributed by atoms with van der Waals surface area (Å²) in [6.45, 7) is 4.05. The third-order valence-corrected chi connectivity index (χ3v) is 3.57. The van der Waals surface area contributed by atoms with Gasteiger partial charge in [0.1, 0.15) is 0 Å². The fraction of sp³-hybridized carbons (Fsp3) is 0.250. The molecule has 0 bridgehead atoms. The fourth-order valence-corrected chi connectivity index (χ4v) is 2.29. The first kappa shape index (κ1) is 12.8. The predicted octanol–water partition coefficient (Wildman–Crippen LogP) is 1.74. The Kier molecular flexibility index (Phi) is 3.49. The summed E-state index contributed by atoms with van der Waals surface area (Å²) in [6, 6.07) is 6.45. The lowest BCUT2D eigenvalue weighted by Gasteiger charge is -2.19. The number of hydroxylamine groups is 2. The molecule has 0 N–H and O–H groups in total. The van der Waals surface area contributed by atoms with Crippen molar-refractivity contribution in [2.24, 2.45) is 4.99 Å². The van der Waals surface area contributed by atoms with E-state index in [1.165, 1.54) is 12.1 Å². The van der Waals surface area contributed by atoms with Crippen molar-refractivity contribution in [3.63, 3.8) is 0 Å². The third-order valence-electron chi connectivity index (χ3n) is 2.34. The molecule has 0 aliphatic carbocycles. The van der Waals surface area contributed by atoms with Crippen molar-refractivity contribution in [3.8, 4) is 0 Å². The summed E-state index contributed by atoms with van der Waals surface area (Å²) in [6.07, 6.45) is 4.08. The molecular weight excluding hydrogens is 252 g/mol. The predicted molar refractivity (Wildman–Crippen MR) is 67.3 cm³/mol. The van der Waals surface area contributed by atoms with Crippen LogP contribution < -0.4 is 0 Å². The normalized spacial score (nSPS) is 15.7. The summed E-state index contributed by atoms with van der Waals surface area (Å²) in [4.78, 5) is 3.87. The van der Waals surface area contributed by atoms with Crippen LogP contribution in [0, 0.1) is 6.92 Å². The molecule has 0 saturated heterocycles. The second kappa shape index (κ2) is 4.91. The van der Waals surface area contributed by atoms with Gasteiger partial charge in [0.15, 0.2) is 6.34 Å². The maximum absolute atomic E-state index is 12.0. The van der Waals surface area contributed by atoms with E-state index >= 15 is 0 Å². The average Bonchev–Trinajstić information content (AvgIpc) is 2.29. The van der Waals surface area contributed by atoms with Crippen LogP contribution in [-0.2, 0) is 14.4 Å². The van der Waals surface area contributed by atoms with Crippen molar-refractivity contribution in [2.75, 3.05) is 6.54 Å². The molecule has 1 aliphatic heterocycles. The van der Waals surface area contributed by atoms with Crippen molar-refractivity contribution in [2.45, 2.75) is 18.7 Å². The minimum absolute atomic E-state index is 0.113. The molecule has 0 saturated carbocycles. The van der Waals surface area contributed by atoms with E-state index in [9.17, 15) is 8.42 Å². The molecule has 0 fully saturated rings. The van der Waals surface area contributed by atoms with Gasteiger partial charge in [-0.3, -0.25) is 0 Å². The van der Waals surface area contributed by atoms with Crippen LogP contribution in [0.25, 0.3) is 0 Å². The third kappa shape index (κ3) is 2.96. The van der Waals surface area contributed by atoms with Gasteiger partial charge in [0, 0.05) is 6.20 Å². The molecule has 1 aliphatic rings. The van der Waals surface area contributed by atoms with E-state index in [-0.39, 0.29) is 4.90 Å². The SMILES string of the molecule is CC1=CN=[C]N(OS(=O)(=O)c2ccc(C)cc2)C1. The lowest BCUT2D eigenvalue weighted by molar-refractivity contribution is 0.0421. The molecule has 0 aromatic heterocycles.